The maximum absolute atomic E-state index is 5.94. The molecule has 0 bridgehead atoms. The van der Waals surface area contributed by atoms with Crippen LogP contribution in [0, 0.1) is 0 Å². The molecule has 2 saturated heterocycles. The van der Waals surface area contributed by atoms with Gasteiger partial charge >= 0.3 is 0 Å². The van der Waals surface area contributed by atoms with E-state index in [1.165, 1.54) is 44.7 Å². The molecule has 1 aromatic rings. The van der Waals surface area contributed by atoms with Crippen molar-refractivity contribution in [1.82, 2.24) is 10.2 Å². The lowest BCUT2D eigenvalue weighted by molar-refractivity contribution is 0.236. The van der Waals surface area contributed by atoms with Crippen molar-refractivity contribution in [1.29, 1.82) is 0 Å². The van der Waals surface area contributed by atoms with Gasteiger partial charge in [-0.3, -0.25) is 4.90 Å². The van der Waals surface area contributed by atoms with E-state index in [0.717, 1.165) is 24.2 Å². The fourth-order valence-corrected chi connectivity index (χ4v) is 3.19. The summed E-state index contributed by atoms with van der Waals surface area (Å²) in [5.41, 5.74) is 1.29. The Balaban J connectivity index is 1.50. The van der Waals surface area contributed by atoms with Crippen LogP contribution in [0.25, 0.3) is 0 Å². The molecule has 2 aliphatic rings. The number of benzene rings is 1. The van der Waals surface area contributed by atoms with Gasteiger partial charge in [0.05, 0.1) is 0 Å². The third-order valence-corrected chi connectivity index (χ3v) is 4.46. The second kappa shape index (κ2) is 6.12. The third kappa shape index (κ3) is 3.41. The largest absolute Gasteiger partial charge is 0.369 e. The van der Waals surface area contributed by atoms with E-state index in [-0.39, 0.29) is 0 Å². The van der Waals surface area contributed by atoms with Gasteiger partial charge in [0.15, 0.2) is 0 Å². The van der Waals surface area contributed by atoms with E-state index in [2.05, 4.69) is 27.2 Å². The van der Waals surface area contributed by atoms with Crippen LogP contribution in [-0.2, 0) is 0 Å². The molecule has 4 heteroatoms. The number of nitrogens with one attached hydrogen (secondary N) is 1. The molecule has 1 aromatic carbocycles. The molecule has 0 amide bonds. The summed E-state index contributed by atoms with van der Waals surface area (Å²) in [6, 6.07) is 8.92. The first-order chi connectivity index (χ1) is 9.31. The van der Waals surface area contributed by atoms with Crippen LogP contribution in [0.4, 0.5) is 5.69 Å². The molecule has 0 saturated carbocycles. The molecule has 2 fully saturated rings. The monoisotopic (exact) mass is 279 g/mol. The Morgan fingerprint density at radius 1 is 1.11 bits per heavy atom. The topological polar surface area (TPSA) is 18.5 Å². The Hall–Kier alpha value is -0.770. The molecule has 1 atom stereocenters. The van der Waals surface area contributed by atoms with Crippen LogP contribution in [0.2, 0.25) is 5.02 Å². The Morgan fingerprint density at radius 3 is 2.47 bits per heavy atom. The van der Waals surface area contributed by atoms with Gasteiger partial charge in [0.25, 0.3) is 0 Å². The van der Waals surface area contributed by atoms with Gasteiger partial charge in [0, 0.05) is 49.5 Å². The fourth-order valence-electron chi connectivity index (χ4n) is 3.06. The number of anilines is 1. The Morgan fingerprint density at radius 2 is 1.84 bits per heavy atom. The molecular weight excluding hydrogens is 258 g/mol. The standard InChI is InChI=1S/C15H22ClN3/c16-13-3-5-15(6-4-13)19-10-8-18(9-11-19)12-14-2-1-7-17-14/h3-6,14,17H,1-2,7-12H2/t14-/m0/s1. The van der Waals surface area contributed by atoms with E-state index >= 15 is 0 Å². The zero-order valence-corrected chi connectivity index (χ0v) is 12.1. The second-order valence-electron chi connectivity index (χ2n) is 5.56. The maximum atomic E-state index is 5.94. The van der Waals surface area contributed by atoms with Gasteiger partial charge in [-0.1, -0.05) is 11.6 Å². The number of nitrogens with zero attached hydrogens (tertiary/aromatic N) is 2. The minimum atomic E-state index is 0.724. The van der Waals surface area contributed by atoms with Gasteiger partial charge in [0.2, 0.25) is 0 Å². The highest BCUT2D eigenvalue weighted by Crippen LogP contribution is 2.19. The smallest absolute Gasteiger partial charge is 0.0407 e. The third-order valence-electron chi connectivity index (χ3n) is 4.21. The number of hydrogen-bond donors (Lipinski definition) is 1. The molecule has 0 unspecified atom stereocenters. The van der Waals surface area contributed by atoms with Crippen LogP contribution in [-0.4, -0.2) is 50.2 Å². The van der Waals surface area contributed by atoms with Gasteiger partial charge in [0.1, 0.15) is 0 Å². The SMILES string of the molecule is Clc1ccc(N2CCN(C[C@@H]3CCCN3)CC2)cc1. The summed E-state index contributed by atoms with van der Waals surface area (Å²) in [5, 5.41) is 4.40. The Labute approximate surface area is 120 Å². The van der Waals surface area contributed by atoms with Crippen LogP contribution in [0.5, 0.6) is 0 Å². The van der Waals surface area contributed by atoms with Crippen molar-refractivity contribution < 1.29 is 0 Å². The first-order valence-electron chi connectivity index (χ1n) is 7.27. The van der Waals surface area contributed by atoms with E-state index < -0.39 is 0 Å². The van der Waals surface area contributed by atoms with Gasteiger partial charge < -0.3 is 10.2 Å². The highest BCUT2D eigenvalue weighted by Gasteiger charge is 2.21. The lowest BCUT2D eigenvalue weighted by Crippen LogP contribution is -2.49. The van der Waals surface area contributed by atoms with Crippen LogP contribution in [0.3, 0.4) is 0 Å². The van der Waals surface area contributed by atoms with Crippen molar-refractivity contribution >= 4 is 17.3 Å². The summed E-state index contributed by atoms with van der Waals surface area (Å²) in [7, 11) is 0. The van der Waals surface area contributed by atoms with Gasteiger partial charge in [-0.25, -0.2) is 0 Å². The zero-order chi connectivity index (χ0) is 13.1. The van der Waals surface area contributed by atoms with E-state index in [0.29, 0.717) is 0 Å². The predicted molar refractivity (Wildman–Crippen MR) is 81.1 cm³/mol. The summed E-state index contributed by atoms with van der Waals surface area (Å²) >= 11 is 5.94. The van der Waals surface area contributed by atoms with Crippen molar-refractivity contribution in [3.8, 4) is 0 Å². The molecule has 0 spiro atoms. The Kier molecular flexibility index (Phi) is 4.26. The second-order valence-corrected chi connectivity index (χ2v) is 5.99. The van der Waals surface area contributed by atoms with Gasteiger partial charge in [-0.2, -0.15) is 0 Å². The molecule has 0 aliphatic carbocycles. The number of rotatable bonds is 3. The summed E-state index contributed by atoms with van der Waals surface area (Å²) in [6.45, 7) is 6.99. The van der Waals surface area contributed by atoms with Crippen molar-refractivity contribution in [3.63, 3.8) is 0 Å². The van der Waals surface area contributed by atoms with E-state index in [1.807, 2.05) is 12.1 Å². The molecule has 3 nitrogen and oxygen atoms in total. The predicted octanol–water partition coefficient (Wildman–Crippen LogP) is 2.21. The molecule has 104 valence electrons. The normalized spacial score (nSPS) is 24.9. The maximum Gasteiger partial charge on any atom is 0.0407 e. The number of hydrogen-bond acceptors (Lipinski definition) is 3. The quantitative estimate of drug-likeness (QED) is 0.915. The van der Waals surface area contributed by atoms with Crippen molar-refractivity contribution in [2.45, 2.75) is 18.9 Å². The number of halogens is 1. The van der Waals surface area contributed by atoms with Crippen molar-refractivity contribution in [3.05, 3.63) is 29.3 Å². The number of piperazine rings is 1. The highest BCUT2D eigenvalue weighted by atomic mass is 35.5. The van der Waals surface area contributed by atoms with Gasteiger partial charge in [-0.05, 0) is 43.7 Å². The molecule has 0 radical (unpaired) electrons. The van der Waals surface area contributed by atoms with Gasteiger partial charge in [-0.15, -0.1) is 0 Å². The minimum Gasteiger partial charge on any atom is -0.369 e. The van der Waals surface area contributed by atoms with Crippen LogP contribution in [0.15, 0.2) is 24.3 Å². The van der Waals surface area contributed by atoms with Crippen molar-refractivity contribution in [2.75, 3.05) is 44.2 Å². The summed E-state index contributed by atoms with van der Waals surface area (Å²) in [6.07, 6.45) is 2.69. The summed E-state index contributed by atoms with van der Waals surface area (Å²) in [4.78, 5) is 5.05. The fraction of sp³-hybridized carbons (Fsp3) is 0.600. The van der Waals surface area contributed by atoms with E-state index in [9.17, 15) is 0 Å². The minimum absolute atomic E-state index is 0.724. The van der Waals surface area contributed by atoms with Crippen LogP contribution >= 0.6 is 11.6 Å². The average Bonchev–Trinajstić information content (AvgIpc) is 2.94. The molecule has 3 rings (SSSR count). The highest BCUT2D eigenvalue weighted by molar-refractivity contribution is 6.30. The van der Waals surface area contributed by atoms with Crippen molar-refractivity contribution in [2.24, 2.45) is 0 Å². The Bertz CT molecular complexity index is 392. The molecule has 19 heavy (non-hydrogen) atoms. The first kappa shape index (κ1) is 13.2. The summed E-state index contributed by atoms with van der Waals surface area (Å²) < 4.78 is 0. The molecule has 2 aliphatic heterocycles. The zero-order valence-electron chi connectivity index (χ0n) is 11.3. The summed E-state index contributed by atoms with van der Waals surface area (Å²) in [5.74, 6) is 0. The first-order valence-corrected chi connectivity index (χ1v) is 7.65. The molecule has 2 heterocycles. The lowest BCUT2D eigenvalue weighted by atomic mass is 10.2. The molecule has 1 N–H and O–H groups in total. The van der Waals surface area contributed by atoms with Crippen LogP contribution in [0.1, 0.15) is 12.8 Å². The van der Waals surface area contributed by atoms with E-state index in [4.69, 9.17) is 11.6 Å². The lowest BCUT2D eigenvalue weighted by Gasteiger charge is -2.37. The molecule has 0 aromatic heterocycles. The average molecular weight is 280 g/mol. The van der Waals surface area contributed by atoms with E-state index in [1.54, 1.807) is 0 Å². The van der Waals surface area contributed by atoms with Crippen LogP contribution < -0.4 is 10.2 Å². The molecular formula is C15H22ClN3.